The van der Waals surface area contributed by atoms with Gasteiger partial charge in [0.1, 0.15) is 0 Å². The number of fused-ring (bicyclic) bond motifs is 2. The Labute approximate surface area is 140 Å². The van der Waals surface area contributed by atoms with E-state index < -0.39 is 0 Å². The van der Waals surface area contributed by atoms with Crippen LogP contribution < -0.4 is 0 Å². The number of allylic oxidation sites excluding steroid dienone is 9. The third-order valence-corrected chi connectivity index (χ3v) is 5.86. The topological polar surface area (TPSA) is 0 Å². The standard InChI is InChI=1S/C21H19Br/c1-14-12-20-19(17(14)11-10-15-6-2-3-7-15)13-16-8-4-5-9-18(16)21(20)22/h2-6,8-9,12-13,21H,7,10-11H2,1H3. The minimum atomic E-state index is 0.323. The van der Waals surface area contributed by atoms with Gasteiger partial charge in [-0.15, -0.1) is 0 Å². The summed E-state index contributed by atoms with van der Waals surface area (Å²) in [7, 11) is 0. The normalized spacial score (nSPS) is 22.3. The predicted octanol–water partition coefficient (Wildman–Crippen LogP) is 6.44. The van der Waals surface area contributed by atoms with Crippen molar-refractivity contribution in [2.24, 2.45) is 0 Å². The number of hydrogen-bond donors (Lipinski definition) is 0. The highest BCUT2D eigenvalue weighted by molar-refractivity contribution is 9.09. The second kappa shape index (κ2) is 5.55. The smallest absolute Gasteiger partial charge is 0.0656 e. The molecule has 0 spiro atoms. The lowest BCUT2D eigenvalue weighted by atomic mass is 9.85. The van der Waals surface area contributed by atoms with Crippen molar-refractivity contribution in [2.45, 2.75) is 31.0 Å². The van der Waals surface area contributed by atoms with E-state index >= 15 is 0 Å². The molecule has 0 bridgehead atoms. The van der Waals surface area contributed by atoms with E-state index in [1.54, 1.807) is 5.57 Å². The molecule has 0 saturated heterocycles. The van der Waals surface area contributed by atoms with Crippen LogP contribution in [0.1, 0.15) is 42.1 Å². The van der Waals surface area contributed by atoms with Crippen LogP contribution in [0.2, 0.25) is 0 Å². The van der Waals surface area contributed by atoms with E-state index in [9.17, 15) is 0 Å². The van der Waals surface area contributed by atoms with Gasteiger partial charge in [-0.2, -0.15) is 0 Å². The molecule has 0 nitrogen and oxygen atoms in total. The molecule has 1 unspecified atom stereocenters. The van der Waals surface area contributed by atoms with Gasteiger partial charge in [-0.3, -0.25) is 0 Å². The van der Waals surface area contributed by atoms with Gasteiger partial charge < -0.3 is 0 Å². The maximum absolute atomic E-state index is 3.91. The van der Waals surface area contributed by atoms with Gasteiger partial charge >= 0.3 is 0 Å². The number of alkyl halides is 1. The van der Waals surface area contributed by atoms with Crippen LogP contribution in [0.25, 0.3) is 6.08 Å². The molecule has 1 aromatic carbocycles. The highest BCUT2D eigenvalue weighted by Crippen LogP contribution is 2.49. The second-order valence-corrected chi connectivity index (χ2v) is 7.18. The van der Waals surface area contributed by atoms with Gasteiger partial charge in [0.2, 0.25) is 0 Å². The zero-order valence-electron chi connectivity index (χ0n) is 12.8. The SMILES string of the molecule is CC1=C(CCC2=CC=CC2)C2=Cc3ccccc3C(Br)C2=C1. The number of halogens is 1. The maximum atomic E-state index is 3.91. The maximum Gasteiger partial charge on any atom is 0.0656 e. The van der Waals surface area contributed by atoms with Crippen LogP contribution in [0, 0.1) is 0 Å². The summed E-state index contributed by atoms with van der Waals surface area (Å²) in [5.41, 5.74) is 10.1. The van der Waals surface area contributed by atoms with Crippen molar-refractivity contribution in [1.82, 2.24) is 0 Å². The van der Waals surface area contributed by atoms with Crippen molar-refractivity contribution in [1.29, 1.82) is 0 Å². The van der Waals surface area contributed by atoms with E-state index in [0.717, 1.165) is 12.8 Å². The molecular weight excluding hydrogens is 332 g/mol. The van der Waals surface area contributed by atoms with Gasteiger partial charge in [-0.25, -0.2) is 0 Å². The fraction of sp³-hybridized carbons (Fsp3) is 0.238. The van der Waals surface area contributed by atoms with E-state index in [2.05, 4.69) is 77.5 Å². The molecule has 0 saturated carbocycles. The average molecular weight is 351 g/mol. The lowest BCUT2D eigenvalue weighted by molar-refractivity contribution is 0.908. The van der Waals surface area contributed by atoms with Crippen molar-refractivity contribution in [3.05, 3.63) is 87.6 Å². The van der Waals surface area contributed by atoms with Crippen LogP contribution >= 0.6 is 15.9 Å². The third kappa shape index (κ3) is 2.28. The van der Waals surface area contributed by atoms with E-state index in [1.165, 1.54) is 39.8 Å². The monoisotopic (exact) mass is 350 g/mol. The molecule has 3 aliphatic rings. The van der Waals surface area contributed by atoms with Crippen LogP contribution in [-0.2, 0) is 0 Å². The molecule has 1 atom stereocenters. The summed E-state index contributed by atoms with van der Waals surface area (Å²) in [5.74, 6) is 0. The van der Waals surface area contributed by atoms with Crippen LogP contribution in [-0.4, -0.2) is 0 Å². The van der Waals surface area contributed by atoms with E-state index in [0.29, 0.717) is 4.83 Å². The Morgan fingerprint density at radius 1 is 1.14 bits per heavy atom. The van der Waals surface area contributed by atoms with Crippen molar-refractivity contribution in [2.75, 3.05) is 0 Å². The molecule has 0 heterocycles. The third-order valence-electron chi connectivity index (χ3n) is 4.87. The lowest BCUT2D eigenvalue weighted by Gasteiger charge is -2.23. The molecule has 1 aromatic rings. The first kappa shape index (κ1) is 14.0. The Morgan fingerprint density at radius 3 is 2.82 bits per heavy atom. The van der Waals surface area contributed by atoms with Crippen LogP contribution in [0.5, 0.6) is 0 Å². The van der Waals surface area contributed by atoms with Crippen LogP contribution in [0.4, 0.5) is 0 Å². The molecule has 4 rings (SSSR count). The first-order valence-electron chi connectivity index (χ1n) is 7.95. The Hall–Kier alpha value is -1.60. The van der Waals surface area contributed by atoms with Gasteiger partial charge in [-0.1, -0.05) is 70.1 Å². The highest BCUT2D eigenvalue weighted by atomic mass is 79.9. The Kier molecular flexibility index (Phi) is 3.54. The largest absolute Gasteiger partial charge is 0.0805 e. The minimum absolute atomic E-state index is 0.323. The van der Waals surface area contributed by atoms with Crippen LogP contribution in [0.15, 0.2) is 76.4 Å². The van der Waals surface area contributed by atoms with Gasteiger partial charge in [-0.05, 0) is 65.7 Å². The molecule has 22 heavy (non-hydrogen) atoms. The zero-order chi connectivity index (χ0) is 15.1. The average Bonchev–Trinajstić information content (AvgIpc) is 3.14. The van der Waals surface area contributed by atoms with Crippen molar-refractivity contribution in [3.8, 4) is 0 Å². The fourth-order valence-electron chi connectivity index (χ4n) is 3.66. The highest BCUT2D eigenvalue weighted by Gasteiger charge is 2.29. The molecule has 0 fully saturated rings. The molecule has 110 valence electrons. The molecule has 1 heteroatoms. The molecule has 0 amide bonds. The second-order valence-electron chi connectivity index (χ2n) is 6.27. The van der Waals surface area contributed by atoms with Crippen molar-refractivity contribution >= 4 is 22.0 Å². The summed E-state index contributed by atoms with van der Waals surface area (Å²) >= 11 is 3.91. The molecule has 0 N–H and O–H groups in total. The molecule has 0 aromatic heterocycles. The summed E-state index contributed by atoms with van der Waals surface area (Å²) in [6, 6.07) is 8.71. The molecule has 3 aliphatic carbocycles. The fourth-order valence-corrected chi connectivity index (χ4v) is 4.45. The summed E-state index contributed by atoms with van der Waals surface area (Å²) < 4.78 is 0. The van der Waals surface area contributed by atoms with E-state index in [4.69, 9.17) is 0 Å². The summed E-state index contributed by atoms with van der Waals surface area (Å²) in [6.45, 7) is 2.26. The molecular formula is C21H19Br. The van der Waals surface area contributed by atoms with Crippen molar-refractivity contribution in [3.63, 3.8) is 0 Å². The Balaban J connectivity index is 1.65. The van der Waals surface area contributed by atoms with E-state index in [-0.39, 0.29) is 0 Å². The zero-order valence-corrected chi connectivity index (χ0v) is 14.4. The van der Waals surface area contributed by atoms with E-state index in [1.807, 2.05) is 0 Å². The summed E-state index contributed by atoms with van der Waals surface area (Å²) in [4.78, 5) is 0.323. The number of benzene rings is 1. The minimum Gasteiger partial charge on any atom is -0.0805 e. The van der Waals surface area contributed by atoms with Gasteiger partial charge in [0.25, 0.3) is 0 Å². The van der Waals surface area contributed by atoms with Gasteiger partial charge in [0.05, 0.1) is 4.83 Å². The molecule has 0 aliphatic heterocycles. The number of rotatable bonds is 3. The first-order valence-corrected chi connectivity index (χ1v) is 8.87. The first-order chi connectivity index (χ1) is 10.7. The Bertz CT molecular complexity index is 784. The summed E-state index contributed by atoms with van der Waals surface area (Å²) in [6.07, 6.45) is 14.9. The predicted molar refractivity (Wildman–Crippen MR) is 97.9 cm³/mol. The van der Waals surface area contributed by atoms with Gasteiger partial charge in [0, 0.05) is 0 Å². The van der Waals surface area contributed by atoms with Gasteiger partial charge in [0.15, 0.2) is 0 Å². The Morgan fingerprint density at radius 2 is 2.00 bits per heavy atom. The molecule has 0 radical (unpaired) electrons. The van der Waals surface area contributed by atoms with Crippen molar-refractivity contribution < 1.29 is 0 Å². The number of hydrogen-bond acceptors (Lipinski definition) is 0. The van der Waals surface area contributed by atoms with Crippen LogP contribution in [0.3, 0.4) is 0 Å². The quantitative estimate of drug-likeness (QED) is 0.550. The lowest BCUT2D eigenvalue weighted by Crippen LogP contribution is -2.05. The summed E-state index contributed by atoms with van der Waals surface area (Å²) in [5, 5.41) is 0.